The monoisotopic (exact) mass is 338 g/mol. The number of nitrogens with one attached hydrogen (secondary N) is 2. The zero-order valence-corrected chi connectivity index (χ0v) is 14.7. The van der Waals surface area contributed by atoms with E-state index < -0.39 is 10.0 Å². The van der Waals surface area contributed by atoms with Gasteiger partial charge in [-0.2, -0.15) is 0 Å². The van der Waals surface area contributed by atoms with E-state index in [4.69, 9.17) is 0 Å². The molecular weight excluding hydrogens is 312 g/mol. The van der Waals surface area contributed by atoms with Crippen LogP contribution in [-0.2, 0) is 10.0 Å². The Morgan fingerprint density at radius 2 is 1.74 bits per heavy atom. The molecule has 1 fully saturated rings. The summed E-state index contributed by atoms with van der Waals surface area (Å²) in [6.45, 7) is 4.29. The van der Waals surface area contributed by atoms with E-state index in [0.29, 0.717) is 12.1 Å². The standard InChI is InChI=1S/C17H26N2O3S/c1-13(2)12-18-23(21,22)16-10-8-14(9-11-16)17(20)19-15-6-4-3-5-7-15/h8-11,13,15,18H,3-7,12H2,1-2H3,(H,19,20). The largest absolute Gasteiger partial charge is 0.349 e. The number of carbonyl (C=O) groups excluding carboxylic acids is 1. The van der Waals surface area contributed by atoms with Crippen molar-refractivity contribution >= 4 is 15.9 Å². The van der Waals surface area contributed by atoms with Gasteiger partial charge in [0.15, 0.2) is 0 Å². The van der Waals surface area contributed by atoms with Crippen molar-refractivity contribution in [1.29, 1.82) is 0 Å². The smallest absolute Gasteiger partial charge is 0.251 e. The summed E-state index contributed by atoms with van der Waals surface area (Å²) in [5, 5.41) is 3.03. The number of amides is 1. The van der Waals surface area contributed by atoms with Gasteiger partial charge in [-0.25, -0.2) is 13.1 Å². The molecule has 0 heterocycles. The highest BCUT2D eigenvalue weighted by Gasteiger charge is 2.18. The van der Waals surface area contributed by atoms with Crippen LogP contribution >= 0.6 is 0 Å². The molecule has 0 aliphatic heterocycles. The Kier molecular flexibility index (Phi) is 6.18. The molecule has 1 aromatic carbocycles. The number of rotatable bonds is 6. The molecule has 1 saturated carbocycles. The van der Waals surface area contributed by atoms with Gasteiger partial charge in [-0.05, 0) is 43.0 Å². The maximum atomic E-state index is 12.2. The highest BCUT2D eigenvalue weighted by Crippen LogP contribution is 2.18. The first-order valence-electron chi connectivity index (χ1n) is 8.29. The first-order chi connectivity index (χ1) is 10.9. The lowest BCUT2D eigenvalue weighted by Crippen LogP contribution is -2.36. The molecule has 6 heteroatoms. The van der Waals surface area contributed by atoms with Gasteiger partial charge in [-0.3, -0.25) is 4.79 Å². The average Bonchev–Trinajstić information content (AvgIpc) is 2.54. The summed E-state index contributed by atoms with van der Waals surface area (Å²) < 4.78 is 26.8. The second-order valence-electron chi connectivity index (χ2n) is 6.58. The van der Waals surface area contributed by atoms with Crippen molar-refractivity contribution in [2.45, 2.75) is 56.9 Å². The molecular formula is C17H26N2O3S. The van der Waals surface area contributed by atoms with Gasteiger partial charge in [0.25, 0.3) is 5.91 Å². The predicted octanol–water partition coefficient (Wildman–Crippen LogP) is 2.68. The van der Waals surface area contributed by atoms with E-state index in [0.717, 1.165) is 25.7 Å². The van der Waals surface area contributed by atoms with Crippen molar-refractivity contribution in [2.75, 3.05) is 6.54 Å². The van der Waals surface area contributed by atoms with Gasteiger partial charge in [-0.15, -0.1) is 0 Å². The summed E-state index contributed by atoms with van der Waals surface area (Å²) in [7, 11) is -3.51. The SMILES string of the molecule is CC(C)CNS(=O)(=O)c1ccc(C(=O)NC2CCCCC2)cc1. The maximum Gasteiger partial charge on any atom is 0.251 e. The van der Waals surface area contributed by atoms with Gasteiger partial charge in [-0.1, -0.05) is 33.1 Å². The molecule has 23 heavy (non-hydrogen) atoms. The summed E-state index contributed by atoms with van der Waals surface area (Å²) in [4.78, 5) is 12.4. The van der Waals surface area contributed by atoms with Crippen molar-refractivity contribution < 1.29 is 13.2 Å². The summed E-state index contributed by atoms with van der Waals surface area (Å²) in [5.41, 5.74) is 0.499. The fraction of sp³-hybridized carbons (Fsp3) is 0.588. The Labute approximate surface area is 138 Å². The normalized spacial score (nSPS) is 16.5. The van der Waals surface area contributed by atoms with E-state index in [1.54, 1.807) is 12.1 Å². The number of hydrogen-bond donors (Lipinski definition) is 2. The molecule has 0 unspecified atom stereocenters. The first kappa shape index (κ1) is 17.9. The maximum absolute atomic E-state index is 12.2. The van der Waals surface area contributed by atoms with Gasteiger partial charge in [0.2, 0.25) is 10.0 Å². The number of hydrogen-bond acceptors (Lipinski definition) is 3. The predicted molar refractivity (Wildman–Crippen MR) is 90.8 cm³/mol. The fourth-order valence-electron chi connectivity index (χ4n) is 2.66. The Balaban J connectivity index is 1.99. The van der Waals surface area contributed by atoms with Gasteiger partial charge in [0, 0.05) is 18.2 Å². The quantitative estimate of drug-likeness (QED) is 0.837. The third-order valence-electron chi connectivity index (χ3n) is 4.05. The third-order valence-corrected chi connectivity index (χ3v) is 5.49. The molecule has 0 bridgehead atoms. The lowest BCUT2D eigenvalue weighted by Gasteiger charge is -2.22. The third kappa shape index (κ3) is 5.32. The minimum Gasteiger partial charge on any atom is -0.349 e. The molecule has 1 aromatic rings. The summed E-state index contributed by atoms with van der Waals surface area (Å²) >= 11 is 0. The fourth-order valence-corrected chi connectivity index (χ4v) is 3.87. The lowest BCUT2D eigenvalue weighted by atomic mass is 9.95. The molecule has 1 aliphatic carbocycles. The molecule has 2 rings (SSSR count). The molecule has 5 nitrogen and oxygen atoms in total. The van der Waals surface area contributed by atoms with Crippen LogP contribution in [-0.4, -0.2) is 26.9 Å². The highest BCUT2D eigenvalue weighted by atomic mass is 32.2. The van der Waals surface area contributed by atoms with E-state index in [-0.39, 0.29) is 22.8 Å². The van der Waals surface area contributed by atoms with Crippen LogP contribution in [0.4, 0.5) is 0 Å². The molecule has 0 radical (unpaired) electrons. The van der Waals surface area contributed by atoms with Gasteiger partial charge < -0.3 is 5.32 Å². The molecule has 2 N–H and O–H groups in total. The van der Waals surface area contributed by atoms with Crippen molar-refractivity contribution in [3.63, 3.8) is 0 Å². The van der Waals surface area contributed by atoms with Crippen LogP contribution in [0.3, 0.4) is 0 Å². The van der Waals surface area contributed by atoms with Crippen LogP contribution in [0.2, 0.25) is 0 Å². The van der Waals surface area contributed by atoms with Crippen LogP contribution in [0.25, 0.3) is 0 Å². The van der Waals surface area contributed by atoms with E-state index in [1.165, 1.54) is 18.6 Å². The Morgan fingerprint density at radius 3 is 2.30 bits per heavy atom. The highest BCUT2D eigenvalue weighted by molar-refractivity contribution is 7.89. The number of sulfonamides is 1. The molecule has 128 valence electrons. The lowest BCUT2D eigenvalue weighted by molar-refractivity contribution is 0.0927. The Hall–Kier alpha value is -1.40. The van der Waals surface area contributed by atoms with Crippen molar-refractivity contribution in [3.8, 4) is 0 Å². The number of carbonyl (C=O) groups is 1. The van der Waals surface area contributed by atoms with Crippen molar-refractivity contribution in [1.82, 2.24) is 10.0 Å². The second-order valence-corrected chi connectivity index (χ2v) is 8.35. The van der Waals surface area contributed by atoms with Crippen LogP contribution in [0.5, 0.6) is 0 Å². The van der Waals surface area contributed by atoms with Crippen LogP contribution in [0.1, 0.15) is 56.3 Å². The molecule has 1 amide bonds. The van der Waals surface area contributed by atoms with E-state index in [1.807, 2.05) is 13.8 Å². The summed E-state index contributed by atoms with van der Waals surface area (Å²) in [5.74, 6) is 0.112. The first-order valence-corrected chi connectivity index (χ1v) is 9.77. The Morgan fingerprint density at radius 1 is 1.13 bits per heavy atom. The Bertz CT molecular complexity index is 618. The van der Waals surface area contributed by atoms with Crippen molar-refractivity contribution in [3.05, 3.63) is 29.8 Å². The minimum atomic E-state index is -3.51. The van der Waals surface area contributed by atoms with Crippen LogP contribution < -0.4 is 10.0 Å². The second kappa shape index (κ2) is 7.93. The van der Waals surface area contributed by atoms with E-state index in [9.17, 15) is 13.2 Å². The molecule has 0 saturated heterocycles. The molecule has 0 aromatic heterocycles. The summed E-state index contributed by atoms with van der Waals surface area (Å²) in [6, 6.07) is 6.36. The zero-order chi connectivity index (χ0) is 16.9. The average molecular weight is 338 g/mol. The topological polar surface area (TPSA) is 75.3 Å². The molecule has 0 spiro atoms. The van der Waals surface area contributed by atoms with Gasteiger partial charge in [0.05, 0.1) is 4.90 Å². The van der Waals surface area contributed by atoms with Gasteiger partial charge in [0.1, 0.15) is 0 Å². The molecule has 1 aliphatic rings. The van der Waals surface area contributed by atoms with E-state index >= 15 is 0 Å². The zero-order valence-electron chi connectivity index (χ0n) is 13.8. The van der Waals surface area contributed by atoms with Crippen LogP contribution in [0, 0.1) is 5.92 Å². The van der Waals surface area contributed by atoms with E-state index in [2.05, 4.69) is 10.0 Å². The number of benzene rings is 1. The van der Waals surface area contributed by atoms with Crippen LogP contribution in [0.15, 0.2) is 29.2 Å². The minimum absolute atomic E-state index is 0.129. The molecule has 0 atom stereocenters. The van der Waals surface area contributed by atoms with Gasteiger partial charge >= 0.3 is 0 Å². The van der Waals surface area contributed by atoms with Crippen molar-refractivity contribution in [2.24, 2.45) is 5.92 Å². The summed E-state index contributed by atoms with van der Waals surface area (Å²) in [6.07, 6.45) is 5.60.